The molecule has 3 aromatic carbocycles. The van der Waals surface area contributed by atoms with Crippen LogP contribution in [-0.4, -0.2) is 19.2 Å². The Morgan fingerprint density at radius 1 is 0.675 bits per heavy atom. The Hall–Kier alpha value is -3.27. The fourth-order valence-electron chi connectivity index (χ4n) is 5.61. The summed E-state index contributed by atoms with van der Waals surface area (Å²) in [5.74, 6) is 2.49. The SMILES string of the molecule is CCCCC(CC)COc1ccc(C2(c3ccc(OCC(CC)CCCC)cc3)OC(=O)c3ccccc32)cc1. The Balaban J connectivity index is 1.58. The van der Waals surface area contributed by atoms with Crippen LogP contribution < -0.4 is 9.47 Å². The summed E-state index contributed by atoms with van der Waals surface area (Å²) in [7, 11) is 0. The molecule has 4 nitrogen and oxygen atoms in total. The maximum Gasteiger partial charge on any atom is 0.340 e. The summed E-state index contributed by atoms with van der Waals surface area (Å²) in [5.41, 5.74) is 2.24. The van der Waals surface area contributed by atoms with Gasteiger partial charge in [-0.25, -0.2) is 4.79 Å². The molecule has 0 saturated carbocycles. The lowest BCUT2D eigenvalue weighted by Crippen LogP contribution is -2.29. The van der Waals surface area contributed by atoms with Crippen LogP contribution in [0.25, 0.3) is 0 Å². The molecule has 214 valence electrons. The average molecular weight is 543 g/mol. The predicted octanol–water partition coefficient (Wildman–Crippen LogP) is 9.34. The molecule has 1 heterocycles. The highest BCUT2D eigenvalue weighted by atomic mass is 16.6. The fraction of sp³-hybridized carbons (Fsp3) is 0.472. The summed E-state index contributed by atoms with van der Waals surface area (Å²) in [4.78, 5) is 13.1. The number of carbonyl (C=O) groups excluding carboxylic acids is 1. The molecular weight excluding hydrogens is 496 g/mol. The van der Waals surface area contributed by atoms with Gasteiger partial charge >= 0.3 is 5.97 Å². The summed E-state index contributed by atoms with van der Waals surface area (Å²) in [6, 6.07) is 23.8. The number of hydrogen-bond donors (Lipinski definition) is 0. The minimum absolute atomic E-state index is 0.306. The van der Waals surface area contributed by atoms with Gasteiger partial charge in [-0.2, -0.15) is 0 Å². The van der Waals surface area contributed by atoms with E-state index in [2.05, 4.69) is 27.7 Å². The van der Waals surface area contributed by atoms with E-state index in [9.17, 15) is 4.79 Å². The van der Waals surface area contributed by atoms with Crippen LogP contribution in [0.1, 0.15) is 106 Å². The molecule has 0 radical (unpaired) electrons. The van der Waals surface area contributed by atoms with Crippen LogP contribution in [0.3, 0.4) is 0 Å². The summed E-state index contributed by atoms with van der Waals surface area (Å²) >= 11 is 0. The highest BCUT2D eigenvalue weighted by Gasteiger charge is 2.48. The first-order valence-corrected chi connectivity index (χ1v) is 15.3. The van der Waals surface area contributed by atoms with Crippen molar-refractivity contribution in [3.63, 3.8) is 0 Å². The first-order chi connectivity index (χ1) is 19.5. The van der Waals surface area contributed by atoms with E-state index in [1.807, 2.05) is 72.8 Å². The molecule has 1 aliphatic rings. The largest absolute Gasteiger partial charge is 0.493 e. The first-order valence-electron chi connectivity index (χ1n) is 15.3. The quantitative estimate of drug-likeness (QED) is 0.169. The van der Waals surface area contributed by atoms with Gasteiger partial charge in [0.2, 0.25) is 0 Å². The van der Waals surface area contributed by atoms with Crippen molar-refractivity contribution in [2.45, 2.75) is 84.7 Å². The zero-order valence-electron chi connectivity index (χ0n) is 24.8. The number of ether oxygens (including phenoxy) is 3. The molecule has 2 atom stereocenters. The van der Waals surface area contributed by atoms with Gasteiger partial charge in [-0.3, -0.25) is 0 Å². The Bertz CT molecular complexity index is 1130. The Labute approximate surface area is 241 Å². The number of rotatable bonds is 16. The third-order valence-corrected chi connectivity index (χ3v) is 8.35. The number of hydrogen-bond acceptors (Lipinski definition) is 4. The van der Waals surface area contributed by atoms with E-state index in [1.165, 1.54) is 38.5 Å². The second-order valence-corrected chi connectivity index (χ2v) is 11.1. The van der Waals surface area contributed by atoms with Crippen molar-refractivity contribution in [3.8, 4) is 11.5 Å². The van der Waals surface area contributed by atoms with Crippen molar-refractivity contribution in [1.82, 2.24) is 0 Å². The van der Waals surface area contributed by atoms with Crippen molar-refractivity contribution in [3.05, 3.63) is 95.1 Å². The van der Waals surface area contributed by atoms with Gasteiger partial charge in [0.15, 0.2) is 5.60 Å². The number of carbonyl (C=O) groups is 1. The Morgan fingerprint density at radius 3 is 1.60 bits per heavy atom. The maximum atomic E-state index is 13.1. The van der Waals surface area contributed by atoms with E-state index in [1.54, 1.807) is 0 Å². The van der Waals surface area contributed by atoms with E-state index in [0.29, 0.717) is 17.4 Å². The fourth-order valence-corrected chi connectivity index (χ4v) is 5.61. The molecule has 1 aliphatic heterocycles. The molecule has 2 unspecified atom stereocenters. The Morgan fingerprint density at radius 2 is 1.15 bits per heavy atom. The van der Waals surface area contributed by atoms with Gasteiger partial charge < -0.3 is 14.2 Å². The summed E-state index contributed by atoms with van der Waals surface area (Å²) in [6.45, 7) is 10.4. The van der Waals surface area contributed by atoms with Crippen molar-refractivity contribution < 1.29 is 19.0 Å². The molecule has 0 N–H and O–H groups in total. The number of unbranched alkanes of at least 4 members (excludes halogenated alkanes) is 2. The van der Waals surface area contributed by atoms with Crippen LogP contribution in [0.5, 0.6) is 11.5 Å². The monoisotopic (exact) mass is 542 g/mol. The van der Waals surface area contributed by atoms with Crippen molar-refractivity contribution >= 4 is 5.97 Å². The smallest absolute Gasteiger partial charge is 0.340 e. The zero-order valence-corrected chi connectivity index (χ0v) is 24.8. The standard InChI is InChI=1S/C36H46O4/c1-5-9-13-27(7-3)25-38-31-21-17-29(18-22-31)36(34-16-12-11-15-33(34)35(37)40-36)30-19-23-32(24-20-30)39-26-28(8-4)14-10-6-2/h11-12,15-24,27-28H,5-10,13-14,25-26H2,1-4H3. The molecule has 0 bridgehead atoms. The molecule has 40 heavy (non-hydrogen) atoms. The number of fused-ring (bicyclic) bond motifs is 1. The molecule has 4 rings (SSSR count). The third-order valence-electron chi connectivity index (χ3n) is 8.35. The zero-order chi connectivity index (χ0) is 28.4. The molecule has 0 amide bonds. The topological polar surface area (TPSA) is 44.8 Å². The molecule has 0 aliphatic carbocycles. The third kappa shape index (κ3) is 6.71. The van der Waals surface area contributed by atoms with Crippen LogP contribution in [0.4, 0.5) is 0 Å². The van der Waals surface area contributed by atoms with Crippen molar-refractivity contribution in [2.24, 2.45) is 11.8 Å². The van der Waals surface area contributed by atoms with Gasteiger partial charge in [-0.1, -0.05) is 109 Å². The second kappa shape index (κ2) is 14.4. The highest BCUT2D eigenvalue weighted by molar-refractivity contribution is 5.96. The van der Waals surface area contributed by atoms with Gasteiger partial charge in [0.05, 0.1) is 18.8 Å². The lowest BCUT2D eigenvalue weighted by molar-refractivity contribution is 0.0251. The molecule has 3 aromatic rings. The van der Waals surface area contributed by atoms with E-state index >= 15 is 0 Å². The number of cyclic esters (lactones) is 1. The predicted molar refractivity (Wildman–Crippen MR) is 162 cm³/mol. The van der Waals surface area contributed by atoms with Crippen LogP contribution in [0, 0.1) is 11.8 Å². The van der Waals surface area contributed by atoms with Crippen LogP contribution >= 0.6 is 0 Å². The minimum atomic E-state index is -1.02. The number of benzene rings is 3. The summed E-state index contributed by atoms with van der Waals surface area (Å²) in [5, 5.41) is 0. The van der Waals surface area contributed by atoms with Crippen molar-refractivity contribution in [2.75, 3.05) is 13.2 Å². The van der Waals surface area contributed by atoms with Crippen molar-refractivity contribution in [1.29, 1.82) is 0 Å². The lowest BCUT2D eigenvalue weighted by atomic mass is 9.80. The minimum Gasteiger partial charge on any atom is -0.493 e. The number of esters is 1. The van der Waals surface area contributed by atoms with E-state index in [-0.39, 0.29) is 5.97 Å². The van der Waals surface area contributed by atoms with Crippen LogP contribution in [0.15, 0.2) is 72.8 Å². The normalized spacial score (nSPS) is 17.6. The first kappa shape index (κ1) is 29.7. The van der Waals surface area contributed by atoms with E-state index in [4.69, 9.17) is 14.2 Å². The molecule has 0 fully saturated rings. The maximum absolute atomic E-state index is 13.1. The summed E-state index contributed by atoms with van der Waals surface area (Å²) in [6.07, 6.45) is 9.50. The van der Waals surface area contributed by atoms with Gasteiger partial charge in [0.1, 0.15) is 11.5 Å². The Kier molecular flexibility index (Phi) is 10.7. The van der Waals surface area contributed by atoms with Gasteiger partial charge in [-0.05, 0) is 55.0 Å². The lowest BCUT2D eigenvalue weighted by Gasteiger charge is -2.30. The van der Waals surface area contributed by atoms with E-state index < -0.39 is 5.60 Å². The second-order valence-electron chi connectivity index (χ2n) is 11.1. The van der Waals surface area contributed by atoms with Crippen LogP contribution in [-0.2, 0) is 10.3 Å². The molecule has 0 aromatic heterocycles. The van der Waals surface area contributed by atoms with Gasteiger partial charge in [0, 0.05) is 16.7 Å². The molecule has 4 heteroatoms. The molecule has 0 saturated heterocycles. The summed E-state index contributed by atoms with van der Waals surface area (Å²) < 4.78 is 18.6. The van der Waals surface area contributed by atoms with Gasteiger partial charge in [-0.15, -0.1) is 0 Å². The molecule has 0 spiro atoms. The highest BCUT2D eigenvalue weighted by Crippen LogP contribution is 2.47. The van der Waals surface area contributed by atoms with Crippen LogP contribution in [0.2, 0.25) is 0 Å². The average Bonchev–Trinajstić information content (AvgIpc) is 3.31. The van der Waals surface area contributed by atoms with Gasteiger partial charge in [0.25, 0.3) is 0 Å². The van der Waals surface area contributed by atoms with E-state index in [0.717, 1.165) is 54.2 Å². The molecular formula is C36H46O4.